The van der Waals surface area contributed by atoms with Gasteiger partial charge in [0, 0.05) is 11.5 Å². The summed E-state index contributed by atoms with van der Waals surface area (Å²) in [5, 5.41) is 14.8. The van der Waals surface area contributed by atoms with Crippen LogP contribution in [0.2, 0.25) is 0 Å². The number of fused-ring (bicyclic) bond motifs is 5. The maximum absolute atomic E-state index is 10.8. The molecule has 0 aromatic heterocycles. The lowest BCUT2D eigenvalue weighted by Gasteiger charge is -2.60. The first kappa shape index (κ1) is 28.6. The molecule has 4 aliphatic carbocycles. The second-order valence-corrected chi connectivity index (χ2v) is 14.5. The van der Waals surface area contributed by atoms with E-state index in [9.17, 15) is 5.11 Å². The second kappa shape index (κ2) is 12.2. The highest BCUT2D eigenvalue weighted by Gasteiger charge is 2.60. The van der Waals surface area contributed by atoms with Gasteiger partial charge in [-0.15, -0.1) is 0 Å². The molecule has 3 fully saturated rings. The number of nitrogens with two attached hydrogens (primary N) is 1. The van der Waals surface area contributed by atoms with Gasteiger partial charge in [0.1, 0.15) is 0 Å². The van der Waals surface area contributed by atoms with Crippen molar-refractivity contribution in [1.29, 1.82) is 0 Å². The number of aliphatic hydroxyl groups excluding tert-OH is 1. The van der Waals surface area contributed by atoms with E-state index in [-0.39, 0.29) is 11.5 Å². The molecule has 0 spiro atoms. The predicted molar refractivity (Wildman–Crippen MR) is 154 cm³/mol. The van der Waals surface area contributed by atoms with Crippen LogP contribution in [0, 0.1) is 46.3 Å². The van der Waals surface area contributed by atoms with Gasteiger partial charge in [0.15, 0.2) is 0 Å². The summed E-state index contributed by atoms with van der Waals surface area (Å²) < 4.78 is 0. The predicted octanol–water partition coefficient (Wildman–Crippen LogP) is 7.48. The number of nitrogens with one attached hydrogen (secondary N) is 1. The number of aliphatic hydroxyl groups is 1. The minimum absolute atomic E-state index is 0.174. The smallest absolute Gasteiger partial charge is 0.0592 e. The van der Waals surface area contributed by atoms with E-state index in [2.05, 4.69) is 46.0 Å². The summed E-state index contributed by atoms with van der Waals surface area (Å²) in [4.78, 5) is 0. The first-order valence-electron chi connectivity index (χ1n) is 16.0. The normalized spacial score (nSPS) is 40.9. The summed E-state index contributed by atoms with van der Waals surface area (Å²) in [6, 6.07) is 0.423. The van der Waals surface area contributed by atoms with Gasteiger partial charge in [-0.3, -0.25) is 0 Å². The molecule has 3 nitrogen and oxygen atoms in total. The third kappa shape index (κ3) is 5.64. The summed E-state index contributed by atoms with van der Waals surface area (Å²) in [5.74, 6) is 5.16. The van der Waals surface area contributed by atoms with E-state index in [0.29, 0.717) is 11.5 Å². The van der Waals surface area contributed by atoms with Crippen LogP contribution in [-0.4, -0.2) is 30.3 Å². The van der Waals surface area contributed by atoms with Gasteiger partial charge < -0.3 is 16.2 Å². The van der Waals surface area contributed by atoms with Gasteiger partial charge in [-0.1, -0.05) is 78.4 Å². The van der Waals surface area contributed by atoms with E-state index in [1.54, 1.807) is 5.57 Å². The molecule has 36 heavy (non-hydrogen) atoms. The van der Waals surface area contributed by atoms with Crippen LogP contribution in [0.3, 0.4) is 0 Å². The maximum atomic E-state index is 10.8. The average Bonchev–Trinajstić information content (AvgIpc) is 3.19. The van der Waals surface area contributed by atoms with Gasteiger partial charge in [-0.2, -0.15) is 0 Å². The zero-order chi connectivity index (χ0) is 25.9. The van der Waals surface area contributed by atoms with Gasteiger partial charge in [0.25, 0.3) is 0 Å². The van der Waals surface area contributed by atoms with Crippen molar-refractivity contribution in [1.82, 2.24) is 5.32 Å². The van der Waals surface area contributed by atoms with Crippen molar-refractivity contribution in [3.05, 3.63) is 11.6 Å². The van der Waals surface area contributed by atoms with Gasteiger partial charge in [-0.05, 0) is 112 Å². The molecular weight excluding hydrogens is 440 g/mol. The molecule has 0 heterocycles. The first-order chi connectivity index (χ1) is 17.2. The largest absolute Gasteiger partial charge is 0.393 e. The van der Waals surface area contributed by atoms with E-state index < -0.39 is 0 Å². The van der Waals surface area contributed by atoms with Crippen molar-refractivity contribution in [2.45, 2.75) is 137 Å². The van der Waals surface area contributed by atoms with Crippen LogP contribution < -0.4 is 11.1 Å². The molecule has 3 saturated carbocycles. The monoisotopic (exact) mass is 500 g/mol. The van der Waals surface area contributed by atoms with Gasteiger partial charge in [0.05, 0.1) is 6.10 Å². The Morgan fingerprint density at radius 3 is 2.53 bits per heavy atom. The zero-order valence-electron chi connectivity index (χ0n) is 24.5. The summed E-state index contributed by atoms with van der Waals surface area (Å²) in [7, 11) is 0. The van der Waals surface area contributed by atoms with Crippen LogP contribution in [0.4, 0.5) is 0 Å². The molecule has 0 aromatic carbocycles. The molecular formula is C33H60N2O. The fraction of sp³-hybridized carbons (Fsp3) is 0.939. The lowest BCUT2D eigenvalue weighted by atomic mass is 9.46. The van der Waals surface area contributed by atoms with Crippen molar-refractivity contribution in [2.75, 3.05) is 13.1 Å². The number of allylic oxidation sites excluding steroid dienone is 1. The minimum Gasteiger partial charge on any atom is -0.393 e. The number of unbranched alkanes of at least 4 members (excludes halogenated alkanes) is 3. The second-order valence-electron chi connectivity index (χ2n) is 14.5. The molecule has 4 aliphatic rings. The first-order valence-corrected chi connectivity index (χ1v) is 16.0. The summed E-state index contributed by atoms with van der Waals surface area (Å²) in [5.41, 5.74) is 8.03. The molecule has 0 aliphatic heterocycles. The van der Waals surface area contributed by atoms with E-state index in [1.165, 1.54) is 70.6 Å². The fourth-order valence-electron chi connectivity index (χ4n) is 9.96. The topological polar surface area (TPSA) is 58.3 Å². The Labute approximate surface area is 223 Å². The minimum atomic E-state index is -0.174. The molecule has 3 heteroatoms. The van der Waals surface area contributed by atoms with E-state index in [0.717, 1.165) is 67.9 Å². The molecule has 0 saturated heterocycles. The van der Waals surface area contributed by atoms with E-state index in [1.807, 2.05) is 0 Å². The Bertz CT molecular complexity index is 733. The van der Waals surface area contributed by atoms with Crippen LogP contribution in [0.15, 0.2) is 11.6 Å². The third-order valence-corrected chi connectivity index (χ3v) is 11.9. The molecule has 0 bridgehead atoms. The molecule has 9 atom stereocenters. The van der Waals surface area contributed by atoms with Crippen molar-refractivity contribution in [2.24, 2.45) is 52.1 Å². The van der Waals surface area contributed by atoms with Crippen LogP contribution in [0.5, 0.6) is 0 Å². The maximum Gasteiger partial charge on any atom is 0.0592 e. The molecule has 0 aromatic rings. The van der Waals surface area contributed by atoms with Crippen LogP contribution in [-0.2, 0) is 0 Å². The Morgan fingerprint density at radius 1 is 1.00 bits per heavy atom. The van der Waals surface area contributed by atoms with Crippen LogP contribution in [0.25, 0.3) is 0 Å². The summed E-state index contributed by atoms with van der Waals surface area (Å²) >= 11 is 0. The Kier molecular flexibility index (Phi) is 9.71. The van der Waals surface area contributed by atoms with Crippen molar-refractivity contribution < 1.29 is 5.11 Å². The number of rotatable bonds is 12. The molecule has 4 N–H and O–H groups in total. The SMILES string of the molecule is CC(C)CCC[C@@H](C)[C@H]1CC[C@H]2[C@@H]3CC=C4C[C@@H](O)CC(NCCCCCCN)[C@]4(C)[C@H]3CC[C@]12C. The average molecular weight is 501 g/mol. The van der Waals surface area contributed by atoms with Crippen LogP contribution in [0.1, 0.15) is 125 Å². The highest BCUT2D eigenvalue weighted by atomic mass is 16.3. The summed E-state index contributed by atoms with van der Waals surface area (Å²) in [6.45, 7) is 14.5. The quantitative estimate of drug-likeness (QED) is 0.192. The van der Waals surface area contributed by atoms with Crippen molar-refractivity contribution >= 4 is 0 Å². The Hall–Kier alpha value is -0.380. The molecule has 4 rings (SSSR count). The van der Waals surface area contributed by atoms with Gasteiger partial charge >= 0.3 is 0 Å². The lowest BCUT2D eigenvalue weighted by Crippen LogP contribution is -2.59. The van der Waals surface area contributed by atoms with Crippen molar-refractivity contribution in [3.8, 4) is 0 Å². The third-order valence-electron chi connectivity index (χ3n) is 11.9. The zero-order valence-corrected chi connectivity index (χ0v) is 24.5. The van der Waals surface area contributed by atoms with Crippen LogP contribution >= 0.6 is 0 Å². The fourth-order valence-corrected chi connectivity index (χ4v) is 9.96. The lowest BCUT2D eigenvalue weighted by molar-refractivity contribution is -0.0688. The van der Waals surface area contributed by atoms with Gasteiger partial charge in [-0.25, -0.2) is 0 Å². The highest BCUT2D eigenvalue weighted by molar-refractivity contribution is 5.28. The highest BCUT2D eigenvalue weighted by Crippen LogP contribution is 2.67. The number of hydrogen-bond acceptors (Lipinski definition) is 3. The summed E-state index contributed by atoms with van der Waals surface area (Å²) in [6.07, 6.45) is 20.4. The van der Waals surface area contributed by atoms with Gasteiger partial charge in [0.2, 0.25) is 0 Å². The Balaban J connectivity index is 1.45. The molecule has 208 valence electrons. The number of hydrogen-bond donors (Lipinski definition) is 3. The molecule has 0 amide bonds. The molecule has 1 unspecified atom stereocenters. The Morgan fingerprint density at radius 2 is 1.78 bits per heavy atom. The molecule has 0 radical (unpaired) electrons. The standard InChI is InChI=1S/C33H60N2O/c1-23(2)11-10-12-24(3)28-15-16-29-27-14-13-25-21-26(36)22-31(35-20-9-7-6-8-19-34)33(25,5)30(27)17-18-32(28,29)4/h13,23-24,26-31,35-36H,6-12,14-22,34H2,1-5H3/t24-,26-,27+,28-,29+,30+,31?,32-,33+/m1/s1. The van der Waals surface area contributed by atoms with E-state index >= 15 is 0 Å². The van der Waals surface area contributed by atoms with Crippen molar-refractivity contribution in [3.63, 3.8) is 0 Å². The van der Waals surface area contributed by atoms with E-state index in [4.69, 9.17) is 5.73 Å².